The molecule has 1 saturated heterocycles. The summed E-state index contributed by atoms with van der Waals surface area (Å²) in [4.78, 5) is 42.2. The molecule has 4 amide bonds. The van der Waals surface area contributed by atoms with E-state index in [1.807, 2.05) is 26.2 Å². The number of aromatic nitrogens is 1. The lowest BCUT2D eigenvalue weighted by Gasteiger charge is -2.14. The molecular weight excluding hydrogens is 395 g/mol. The Morgan fingerprint density at radius 1 is 1.34 bits per heavy atom. The molecule has 29 heavy (non-hydrogen) atoms. The molecule has 1 aromatic heterocycles. The number of hydrogen-bond acceptors (Lipinski definition) is 5. The Bertz CT molecular complexity index is 938. The Kier molecular flexibility index (Phi) is 5.97. The summed E-state index contributed by atoms with van der Waals surface area (Å²) in [6.07, 6.45) is 0.239. The first-order chi connectivity index (χ1) is 13.6. The largest absolute Gasteiger partial charge is 0.326 e. The van der Waals surface area contributed by atoms with Crippen molar-refractivity contribution in [1.29, 1.82) is 0 Å². The van der Waals surface area contributed by atoms with Gasteiger partial charge in [0.25, 0.3) is 5.91 Å². The van der Waals surface area contributed by atoms with Crippen LogP contribution >= 0.6 is 11.3 Å². The van der Waals surface area contributed by atoms with Gasteiger partial charge in [-0.1, -0.05) is 32.9 Å². The van der Waals surface area contributed by atoms with Crippen LogP contribution in [0.2, 0.25) is 0 Å². The maximum Gasteiger partial charge on any atom is 0.325 e. The highest BCUT2D eigenvalue weighted by Gasteiger charge is 2.37. The van der Waals surface area contributed by atoms with Crippen LogP contribution in [0.5, 0.6) is 0 Å². The van der Waals surface area contributed by atoms with E-state index in [1.54, 1.807) is 6.07 Å². The van der Waals surface area contributed by atoms with E-state index in [1.165, 1.54) is 29.5 Å². The predicted molar refractivity (Wildman–Crippen MR) is 108 cm³/mol. The summed E-state index contributed by atoms with van der Waals surface area (Å²) in [7, 11) is 0. The maximum absolute atomic E-state index is 13.3. The standard InChI is InChI=1S/C20H23FN4O3S/c1-20(2,3)15-11-29-18(23-15)24-16(26)8-7-14-17(27)25(19(28)22-14)10-12-5-4-6-13(21)9-12/h4-6,9,11,14H,7-8,10H2,1-3H3,(H,22,28)(H,23,24,26)/t14-/m1/s1. The minimum atomic E-state index is -0.775. The van der Waals surface area contributed by atoms with Gasteiger partial charge in [-0.25, -0.2) is 14.2 Å². The topological polar surface area (TPSA) is 91.4 Å². The van der Waals surface area contributed by atoms with Crippen LogP contribution in [0.15, 0.2) is 29.6 Å². The zero-order valence-electron chi connectivity index (χ0n) is 16.5. The van der Waals surface area contributed by atoms with E-state index in [-0.39, 0.29) is 30.7 Å². The van der Waals surface area contributed by atoms with Crippen molar-refractivity contribution in [3.8, 4) is 0 Å². The Labute approximate surface area is 172 Å². The van der Waals surface area contributed by atoms with E-state index in [0.29, 0.717) is 10.7 Å². The number of nitrogens with one attached hydrogen (secondary N) is 2. The monoisotopic (exact) mass is 418 g/mol. The lowest BCUT2D eigenvalue weighted by molar-refractivity contribution is -0.128. The molecule has 1 aliphatic heterocycles. The van der Waals surface area contributed by atoms with Gasteiger partial charge in [0.05, 0.1) is 12.2 Å². The fraction of sp³-hybridized carbons (Fsp3) is 0.400. The number of rotatable bonds is 6. The van der Waals surface area contributed by atoms with Gasteiger partial charge >= 0.3 is 6.03 Å². The molecular formula is C20H23FN4O3S. The van der Waals surface area contributed by atoms with Crippen LogP contribution in [-0.2, 0) is 21.5 Å². The summed E-state index contributed by atoms with van der Waals surface area (Å²) in [5, 5.41) is 7.73. The third-order valence-corrected chi connectivity index (χ3v) is 5.27. The molecule has 1 fully saturated rings. The van der Waals surface area contributed by atoms with Crippen molar-refractivity contribution in [3.05, 3.63) is 46.7 Å². The van der Waals surface area contributed by atoms with Crippen LogP contribution in [-0.4, -0.2) is 33.8 Å². The summed E-state index contributed by atoms with van der Waals surface area (Å²) in [6.45, 7) is 6.10. The smallest absolute Gasteiger partial charge is 0.325 e. The molecule has 154 valence electrons. The first kappa shape index (κ1) is 20.9. The highest BCUT2D eigenvalue weighted by Crippen LogP contribution is 2.26. The van der Waals surface area contributed by atoms with Gasteiger partial charge in [-0.2, -0.15) is 0 Å². The summed E-state index contributed by atoms with van der Waals surface area (Å²) in [5.74, 6) is -1.12. The molecule has 7 nitrogen and oxygen atoms in total. The van der Waals surface area contributed by atoms with E-state index < -0.39 is 23.8 Å². The van der Waals surface area contributed by atoms with Crippen molar-refractivity contribution >= 4 is 34.3 Å². The van der Waals surface area contributed by atoms with Gasteiger partial charge < -0.3 is 10.6 Å². The van der Waals surface area contributed by atoms with Gasteiger partial charge in [0.15, 0.2) is 5.13 Å². The zero-order valence-corrected chi connectivity index (χ0v) is 17.3. The number of thiazole rings is 1. The Morgan fingerprint density at radius 2 is 2.10 bits per heavy atom. The minimum absolute atomic E-state index is 0.0141. The molecule has 1 aromatic carbocycles. The SMILES string of the molecule is CC(C)(C)c1csc(NC(=O)CC[C@H]2NC(=O)N(Cc3cccc(F)c3)C2=O)n1. The van der Waals surface area contributed by atoms with Gasteiger partial charge in [-0.3, -0.25) is 14.5 Å². The normalized spacial score (nSPS) is 16.8. The molecule has 9 heteroatoms. The maximum atomic E-state index is 13.3. The van der Waals surface area contributed by atoms with Gasteiger partial charge in [-0.05, 0) is 24.1 Å². The molecule has 2 aromatic rings. The van der Waals surface area contributed by atoms with Gasteiger partial charge in [-0.15, -0.1) is 11.3 Å². The van der Waals surface area contributed by atoms with E-state index in [0.717, 1.165) is 10.6 Å². The summed E-state index contributed by atoms with van der Waals surface area (Å²) in [5.41, 5.74) is 1.31. The number of carbonyl (C=O) groups excluding carboxylic acids is 3. The molecule has 0 saturated carbocycles. The molecule has 0 radical (unpaired) electrons. The summed E-state index contributed by atoms with van der Waals surface area (Å²) in [6, 6.07) is 4.42. The third-order valence-electron chi connectivity index (χ3n) is 4.52. The predicted octanol–water partition coefficient (Wildman–Crippen LogP) is 3.42. The molecule has 0 aliphatic carbocycles. The van der Waals surface area contributed by atoms with Crippen molar-refractivity contribution in [1.82, 2.24) is 15.2 Å². The van der Waals surface area contributed by atoms with E-state index >= 15 is 0 Å². The highest BCUT2D eigenvalue weighted by molar-refractivity contribution is 7.13. The van der Waals surface area contributed by atoms with E-state index in [2.05, 4.69) is 15.6 Å². The quantitative estimate of drug-likeness (QED) is 0.703. The number of imide groups is 1. The number of nitrogens with zero attached hydrogens (tertiary/aromatic N) is 2. The lowest BCUT2D eigenvalue weighted by atomic mass is 9.93. The molecule has 2 heterocycles. The number of carbonyl (C=O) groups is 3. The van der Waals surface area contributed by atoms with Crippen LogP contribution in [0, 0.1) is 5.82 Å². The Hall–Kier alpha value is -2.81. The first-order valence-electron chi connectivity index (χ1n) is 9.25. The van der Waals surface area contributed by atoms with Crippen LogP contribution in [0.3, 0.4) is 0 Å². The number of benzene rings is 1. The second kappa shape index (κ2) is 8.28. The van der Waals surface area contributed by atoms with Crippen LogP contribution in [0.4, 0.5) is 14.3 Å². The van der Waals surface area contributed by atoms with E-state index in [9.17, 15) is 18.8 Å². The van der Waals surface area contributed by atoms with Crippen LogP contribution in [0.1, 0.15) is 44.9 Å². The number of anilines is 1. The fourth-order valence-electron chi connectivity index (χ4n) is 2.87. The van der Waals surface area contributed by atoms with Gasteiger partial charge in [0, 0.05) is 17.2 Å². The van der Waals surface area contributed by atoms with E-state index in [4.69, 9.17) is 0 Å². The number of urea groups is 1. The molecule has 0 spiro atoms. The summed E-state index contributed by atoms with van der Waals surface area (Å²) < 4.78 is 13.3. The molecule has 1 atom stereocenters. The molecule has 1 aliphatic rings. The third kappa shape index (κ3) is 5.17. The number of amides is 4. The second-order valence-corrected chi connectivity index (χ2v) is 8.79. The van der Waals surface area contributed by atoms with Gasteiger partial charge in [0.1, 0.15) is 11.9 Å². The molecule has 2 N–H and O–H groups in total. The van der Waals surface area contributed by atoms with Crippen LogP contribution < -0.4 is 10.6 Å². The lowest BCUT2D eigenvalue weighted by Crippen LogP contribution is -2.31. The zero-order chi connectivity index (χ0) is 21.2. The molecule has 0 unspecified atom stereocenters. The fourth-order valence-corrected chi connectivity index (χ4v) is 3.83. The highest BCUT2D eigenvalue weighted by atomic mass is 32.1. The van der Waals surface area contributed by atoms with Gasteiger partial charge in [0.2, 0.25) is 5.91 Å². The average Bonchev–Trinajstić information content (AvgIpc) is 3.20. The summed E-state index contributed by atoms with van der Waals surface area (Å²) >= 11 is 1.35. The van der Waals surface area contributed by atoms with Crippen LogP contribution in [0.25, 0.3) is 0 Å². The minimum Gasteiger partial charge on any atom is -0.326 e. The van der Waals surface area contributed by atoms with Crippen molar-refractivity contribution in [2.24, 2.45) is 0 Å². The Morgan fingerprint density at radius 3 is 2.76 bits per heavy atom. The van der Waals surface area contributed by atoms with Crippen molar-refractivity contribution in [2.45, 2.75) is 51.6 Å². The van der Waals surface area contributed by atoms with Crippen molar-refractivity contribution < 1.29 is 18.8 Å². The molecule has 3 rings (SSSR count). The molecule has 0 bridgehead atoms. The average molecular weight is 418 g/mol. The second-order valence-electron chi connectivity index (χ2n) is 7.93. The van der Waals surface area contributed by atoms with Crippen molar-refractivity contribution in [3.63, 3.8) is 0 Å². The Balaban J connectivity index is 1.53. The number of hydrogen-bond donors (Lipinski definition) is 2. The van der Waals surface area contributed by atoms with Crippen molar-refractivity contribution in [2.75, 3.05) is 5.32 Å². The number of halogens is 1. The first-order valence-corrected chi connectivity index (χ1v) is 10.1.